The Kier molecular flexibility index (Phi) is 4.20. The lowest BCUT2D eigenvalue weighted by Gasteiger charge is -2.15. The van der Waals surface area contributed by atoms with Crippen LogP contribution in [-0.4, -0.2) is 6.36 Å². The van der Waals surface area contributed by atoms with Crippen molar-refractivity contribution in [3.63, 3.8) is 0 Å². The summed E-state index contributed by atoms with van der Waals surface area (Å²) in [4.78, 5) is 0. The highest BCUT2D eigenvalue weighted by atomic mass is 35.5. The van der Waals surface area contributed by atoms with Gasteiger partial charge in [0.15, 0.2) is 0 Å². The Bertz CT molecular complexity index is 614. The largest absolute Gasteiger partial charge is 0.573 e. The van der Waals surface area contributed by atoms with Crippen LogP contribution in [0.4, 0.5) is 13.2 Å². The molecule has 0 unspecified atom stereocenters. The third kappa shape index (κ3) is 3.23. The van der Waals surface area contributed by atoms with Crippen LogP contribution in [0.1, 0.15) is 5.56 Å². The van der Waals surface area contributed by atoms with Gasteiger partial charge >= 0.3 is 6.36 Å². The van der Waals surface area contributed by atoms with E-state index in [1.807, 2.05) is 0 Å². The predicted octanol–water partition coefficient (Wildman–Crippen LogP) is 4.36. The van der Waals surface area contributed by atoms with E-state index in [0.717, 1.165) is 0 Å². The van der Waals surface area contributed by atoms with Gasteiger partial charge in [0.05, 0.1) is 5.02 Å². The highest BCUT2D eigenvalue weighted by Gasteiger charge is 2.32. The lowest BCUT2D eigenvalue weighted by Crippen LogP contribution is -2.17. The molecule has 0 fully saturated rings. The van der Waals surface area contributed by atoms with Gasteiger partial charge in [-0.25, -0.2) is 0 Å². The number of para-hydroxylation sites is 1. The van der Waals surface area contributed by atoms with Crippen molar-refractivity contribution in [3.05, 3.63) is 53.1 Å². The first-order chi connectivity index (χ1) is 9.42. The minimum atomic E-state index is -4.76. The van der Waals surface area contributed by atoms with Crippen LogP contribution in [0.5, 0.6) is 5.75 Å². The van der Waals surface area contributed by atoms with Crippen LogP contribution in [0.15, 0.2) is 42.5 Å². The van der Waals surface area contributed by atoms with Gasteiger partial charge < -0.3 is 10.5 Å². The second kappa shape index (κ2) is 5.73. The molecule has 0 aliphatic carbocycles. The van der Waals surface area contributed by atoms with Crippen LogP contribution >= 0.6 is 11.6 Å². The number of benzene rings is 2. The minimum Gasteiger partial charge on any atom is -0.405 e. The Balaban J connectivity index is 2.53. The van der Waals surface area contributed by atoms with Crippen molar-refractivity contribution < 1.29 is 17.9 Å². The lowest BCUT2D eigenvalue weighted by molar-refractivity contribution is -0.274. The van der Waals surface area contributed by atoms with E-state index in [0.29, 0.717) is 16.1 Å². The molecule has 0 radical (unpaired) electrons. The fourth-order valence-electron chi connectivity index (χ4n) is 1.85. The number of hydrogen-bond donors (Lipinski definition) is 1. The average molecular weight is 302 g/mol. The summed E-state index contributed by atoms with van der Waals surface area (Å²) in [5.74, 6) is -0.295. The van der Waals surface area contributed by atoms with Crippen molar-refractivity contribution in [2.75, 3.05) is 0 Å². The molecule has 0 atom stereocenters. The van der Waals surface area contributed by atoms with Crippen LogP contribution < -0.4 is 10.5 Å². The Morgan fingerprint density at radius 1 is 1.00 bits per heavy atom. The van der Waals surface area contributed by atoms with Gasteiger partial charge in [-0.05, 0) is 11.6 Å². The van der Waals surface area contributed by atoms with Gasteiger partial charge in [-0.15, -0.1) is 13.2 Å². The maximum absolute atomic E-state index is 12.4. The summed E-state index contributed by atoms with van der Waals surface area (Å²) in [5.41, 5.74) is 6.92. The van der Waals surface area contributed by atoms with Crippen LogP contribution in [0, 0.1) is 0 Å². The van der Waals surface area contributed by atoms with Crippen molar-refractivity contribution in [2.24, 2.45) is 5.73 Å². The third-order valence-corrected chi connectivity index (χ3v) is 3.15. The zero-order chi connectivity index (χ0) is 14.8. The first-order valence-electron chi connectivity index (χ1n) is 5.75. The molecule has 106 valence electrons. The van der Waals surface area contributed by atoms with E-state index in [1.54, 1.807) is 24.3 Å². The number of ether oxygens (including phenoxy) is 1. The van der Waals surface area contributed by atoms with Crippen molar-refractivity contribution >= 4 is 11.6 Å². The summed E-state index contributed by atoms with van der Waals surface area (Å²) in [6.07, 6.45) is -4.76. The fraction of sp³-hybridized carbons (Fsp3) is 0.143. The molecule has 20 heavy (non-hydrogen) atoms. The summed E-state index contributed by atoms with van der Waals surface area (Å²) in [5, 5.41) is 0.327. The van der Waals surface area contributed by atoms with E-state index in [2.05, 4.69) is 4.74 Å². The van der Waals surface area contributed by atoms with Crippen molar-refractivity contribution in [1.29, 1.82) is 0 Å². The number of hydrogen-bond acceptors (Lipinski definition) is 2. The van der Waals surface area contributed by atoms with Gasteiger partial charge in [-0.3, -0.25) is 0 Å². The molecule has 2 N–H and O–H groups in total. The Morgan fingerprint density at radius 3 is 2.30 bits per heavy atom. The Morgan fingerprint density at radius 2 is 1.65 bits per heavy atom. The SMILES string of the molecule is NCc1cccc(-c2ccccc2OC(F)(F)F)c1Cl. The second-order valence-electron chi connectivity index (χ2n) is 4.03. The third-order valence-electron chi connectivity index (χ3n) is 2.70. The summed E-state index contributed by atoms with van der Waals surface area (Å²) >= 11 is 6.17. The Hall–Kier alpha value is -1.72. The van der Waals surface area contributed by atoms with Gasteiger partial charge in [0.25, 0.3) is 0 Å². The smallest absolute Gasteiger partial charge is 0.405 e. The quantitative estimate of drug-likeness (QED) is 0.914. The fourth-order valence-corrected chi connectivity index (χ4v) is 2.15. The molecule has 2 rings (SSSR count). The van der Waals surface area contributed by atoms with Crippen LogP contribution in [0.3, 0.4) is 0 Å². The summed E-state index contributed by atoms with van der Waals surface area (Å²) in [6.45, 7) is 0.203. The van der Waals surface area contributed by atoms with Crippen molar-refractivity contribution in [1.82, 2.24) is 0 Å². The van der Waals surface area contributed by atoms with Gasteiger partial charge in [-0.2, -0.15) is 0 Å². The van der Waals surface area contributed by atoms with E-state index in [1.165, 1.54) is 18.2 Å². The van der Waals surface area contributed by atoms with Gasteiger partial charge in [0.2, 0.25) is 0 Å². The molecule has 0 spiro atoms. The van der Waals surface area contributed by atoms with E-state index in [4.69, 9.17) is 17.3 Å². The summed E-state index contributed by atoms with van der Waals surface area (Å²) in [7, 11) is 0. The van der Waals surface area contributed by atoms with Gasteiger partial charge in [0, 0.05) is 17.7 Å². The molecule has 0 aliphatic rings. The number of alkyl halides is 3. The molecular weight excluding hydrogens is 291 g/mol. The average Bonchev–Trinajstić information content (AvgIpc) is 2.38. The zero-order valence-corrected chi connectivity index (χ0v) is 11.0. The van der Waals surface area contributed by atoms with E-state index in [-0.39, 0.29) is 17.9 Å². The molecule has 0 saturated heterocycles. The van der Waals surface area contributed by atoms with E-state index in [9.17, 15) is 13.2 Å². The molecule has 2 aromatic rings. The van der Waals surface area contributed by atoms with Crippen LogP contribution in [0.25, 0.3) is 11.1 Å². The van der Waals surface area contributed by atoms with E-state index < -0.39 is 6.36 Å². The molecule has 0 heterocycles. The van der Waals surface area contributed by atoms with Crippen molar-refractivity contribution in [3.8, 4) is 16.9 Å². The number of halogens is 4. The first kappa shape index (κ1) is 14.7. The van der Waals surface area contributed by atoms with E-state index >= 15 is 0 Å². The minimum absolute atomic E-state index is 0.203. The van der Waals surface area contributed by atoms with Gasteiger partial charge in [-0.1, -0.05) is 48.0 Å². The predicted molar refractivity (Wildman–Crippen MR) is 71.5 cm³/mol. The molecule has 0 amide bonds. The highest BCUT2D eigenvalue weighted by molar-refractivity contribution is 6.34. The topological polar surface area (TPSA) is 35.2 Å². The number of rotatable bonds is 3. The molecule has 6 heteroatoms. The van der Waals surface area contributed by atoms with Crippen LogP contribution in [0.2, 0.25) is 5.02 Å². The Labute approximate surface area is 118 Å². The molecule has 0 aromatic heterocycles. The molecule has 0 bridgehead atoms. The zero-order valence-electron chi connectivity index (χ0n) is 10.2. The maximum atomic E-state index is 12.4. The molecule has 0 saturated carbocycles. The molecule has 2 nitrogen and oxygen atoms in total. The summed E-state index contributed by atoms with van der Waals surface area (Å²) < 4.78 is 41.2. The van der Waals surface area contributed by atoms with Crippen LogP contribution in [-0.2, 0) is 6.54 Å². The standard InChI is InChI=1S/C14H11ClF3NO/c15-13-9(8-19)4-3-6-11(13)10-5-1-2-7-12(10)20-14(16,17)18/h1-7H,8,19H2. The monoisotopic (exact) mass is 301 g/mol. The van der Waals surface area contributed by atoms with Gasteiger partial charge in [0.1, 0.15) is 5.75 Å². The maximum Gasteiger partial charge on any atom is 0.573 e. The molecule has 0 aliphatic heterocycles. The highest BCUT2D eigenvalue weighted by Crippen LogP contribution is 2.38. The van der Waals surface area contributed by atoms with Crippen molar-refractivity contribution in [2.45, 2.75) is 12.9 Å². The lowest BCUT2D eigenvalue weighted by atomic mass is 10.0. The first-order valence-corrected chi connectivity index (χ1v) is 6.13. The number of nitrogens with two attached hydrogens (primary N) is 1. The molecular formula is C14H11ClF3NO. The molecule has 2 aromatic carbocycles. The normalized spacial score (nSPS) is 11.4. The summed E-state index contributed by atoms with van der Waals surface area (Å²) in [6, 6.07) is 10.9. The second-order valence-corrected chi connectivity index (χ2v) is 4.40.